The number of rotatable bonds is 3. The molecule has 0 atom stereocenters. The molecular weight excluding hydrogens is 391 g/mol. The van der Waals surface area contributed by atoms with Gasteiger partial charge in [-0.25, -0.2) is 13.2 Å². The third kappa shape index (κ3) is 3.48. The van der Waals surface area contributed by atoms with Gasteiger partial charge in [0.05, 0.1) is 9.50 Å². The van der Waals surface area contributed by atoms with Crippen molar-refractivity contribution in [1.29, 1.82) is 0 Å². The van der Waals surface area contributed by atoms with Crippen LogP contribution in [-0.4, -0.2) is 4.99 Å². The van der Waals surface area contributed by atoms with Gasteiger partial charge in [-0.3, -0.25) is 0 Å². The zero-order valence-electron chi connectivity index (χ0n) is 10.1. The number of ether oxygens (including phenoxy) is 1. The Kier molecular flexibility index (Phi) is 4.75. The van der Waals surface area contributed by atoms with Gasteiger partial charge < -0.3 is 10.5 Å². The van der Waals surface area contributed by atoms with Crippen molar-refractivity contribution in [3.05, 3.63) is 56.8 Å². The number of benzene rings is 2. The van der Waals surface area contributed by atoms with Crippen molar-refractivity contribution in [3.8, 4) is 11.5 Å². The van der Waals surface area contributed by atoms with Crippen LogP contribution < -0.4 is 10.5 Å². The van der Waals surface area contributed by atoms with Crippen molar-refractivity contribution in [1.82, 2.24) is 0 Å². The average molecular weight is 397 g/mol. The minimum atomic E-state index is -1.01. The fraction of sp³-hybridized carbons (Fsp3) is 0. The number of nitrogens with two attached hydrogens (primary N) is 1. The molecule has 8 heteroatoms. The Morgan fingerprint density at radius 1 is 1.10 bits per heavy atom. The maximum absolute atomic E-state index is 13.9. The normalized spacial score (nSPS) is 10.5. The molecule has 2 rings (SSSR count). The summed E-state index contributed by atoms with van der Waals surface area (Å²) in [5.74, 6) is -3.63. The molecule has 0 unspecified atom stereocenters. The molecule has 110 valence electrons. The maximum atomic E-state index is 13.9. The molecule has 2 nitrogen and oxygen atoms in total. The molecule has 0 bridgehead atoms. The first-order valence-electron chi connectivity index (χ1n) is 5.41. The smallest absolute Gasteiger partial charge is 0.198 e. The lowest BCUT2D eigenvalue weighted by Gasteiger charge is -2.11. The summed E-state index contributed by atoms with van der Waals surface area (Å²) in [7, 11) is 0. The van der Waals surface area contributed by atoms with Gasteiger partial charge in [-0.1, -0.05) is 23.8 Å². The molecule has 0 aliphatic carbocycles. The van der Waals surface area contributed by atoms with Crippen LogP contribution in [0.3, 0.4) is 0 Å². The van der Waals surface area contributed by atoms with Crippen molar-refractivity contribution in [3.63, 3.8) is 0 Å². The monoisotopic (exact) mass is 395 g/mol. The van der Waals surface area contributed by atoms with Crippen LogP contribution in [0.5, 0.6) is 11.5 Å². The summed E-state index contributed by atoms with van der Waals surface area (Å²) >= 11 is 13.3. The molecule has 2 aromatic rings. The first kappa shape index (κ1) is 16.1. The van der Waals surface area contributed by atoms with E-state index in [4.69, 9.17) is 22.1 Å². The van der Waals surface area contributed by atoms with E-state index in [1.807, 2.05) is 0 Å². The molecule has 0 aliphatic rings. The van der Waals surface area contributed by atoms with Crippen molar-refractivity contribution in [2.75, 3.05) is 0 Å². The summed E-state index contributed by atoms with van der Waals surface area (Å²) in [4.78, 5) is -0.155. The Morgan fingerprint density at radius 2 is 1.67 bits per heavy atom. The molecule has 21 heavy (non-hydrogen) atoms. The zero-order chi connectivity index (χ0) is 15.7. The molecule has 2 N–H and O–H groups in total. The number of thiocarbonyl (C=S) groups is 1. The van der Waals surface area contributed by atoms with Gasteiger partial charge in [0.2, 0.25) is 0 Å². The topological polar surface area (TPSA) is 35.2 Å². The van der Waals surface area contributed by atoms with Gasteiger partial charge in [0.25, 0.3) is 0 Å². The Labute approximate surface area is 136 Å². The number of hydrogen-bond acceptors (Lipinski definition) is 2. The van der Waals surface area contributed by atoms with Crippen LogP contribution in [0.1, 0.15) is 5.56 Å². The minimum Gasteiger partial charge on any atom is -0.450 e. The molecule has 0 amide bonds. The highest BCUT2D eigenvalue weighted by Crippen LogP contribution is 2.36. The first-order valence-corrected chi connectivity index (χ1v) is 6.98. The van der Waals surface area contributed by atoms with E-state index in [1.54, 1.807) is 0 Å². The Balaban J connectivity index is 2.45. The van der Waals surface area contributed by atoms with E-state index in [0.29, 0.717) is 0 Å². The van der Waals surface area contributed by atoms with Crippen LogP contribution in [0.4, 0.5) is 13.2 Å². The van der Waals surface area contributed by atoms with Gasteiger partial charge in [0, 0.05) is 11.6 Å². The highest BCUT2D eigenvalue weighted by Gasteiger charge is 2.17. The van der Waals surface area contributed by atoms with Crippen molar-refractivity contribution in [2.45, 2.75) is 0 Å². The van der Waals surface area contributed by atoms with Crippen molar-refractivity contribution < 1.29 is 17.9 Å². The highest BCUT2D eigenvalue weighted by molar-refractivity contribution is 9.10. The maximum Gasteiger partial charge on any atom is 0.198 e. The van der Waals surface area contributed by atoms with Gasteiger partial charge in [0.15, 0.2) is 17.4 Å². The van der Waals surface area contributed by atoms with Crippen LogP contribution in [0.15, 0.2) is 28.7 Å². The SMILES string of the molecule is NC(=S)c1cc(F)c(Oc2cc(F)c(Cl)cc2Br)c(F)c1. The summed E-state index contributed by atoms with van der Waals surface area (Å²) in [6.45, 7) is 0. The second-order valence-corrected chi connectivity index (χ2v) is 5.63. The van der Waals surface area contributed by atoms with E-state index in [0.717, 1.165) is 18.2 Å². The second-order valence-electron chi connectivity index (χ2n) is 3.93. The van der Waals surface area contributed by atoms with Crippen LogP contribution in [0.2, 0.25) is 5.02 Å². The molecule has 2 aromatic carbocycles. The van der Waals surface area contributed by atoms with Gasteiger partial charge in [-0.05, 0) is 34.1 Å². The quantitative estimate of drug-likeness (QED) is 0.589. The molecular formula is C13H6BrClF3NOS. The van der Waals surface area contributed by atoms with Crippen LogP contribution >= 0.6 is 39.7 Å². The Hall–Kier alpha value is -1.31. The van der Waals surface area contributed by atoms with Gasteiger partial charge in [-0.2, -0.15) is 0 Å². The van der Waals surface area contributed by atoms with E-state index in [-0.39, 0.29) is 25.8 Å². The highest BCUT2D eigenvalue weighted by atomic mass is 79.9. The standard InChI is InChI=1S/C13H6BrClF3NOS/c14-6-3-7(15)8(16)4-11(6)20-12-9(17)1-5(13(19)21)2-10(12)18/h1-4H,(H2,19,21). The lowest BCUT2D eigenvalue weighted by molar-refractivity contribution is 0.403. The average Bonchev–Trinajstić information content (AvgIpc) is 2.39. The van der Waals surface area contributed by atoms with E-state index < -0.39 is 23.2 Å². The zero-order valence-corrected chi connectivity index (χ0v) is 13.3. The van der Waals surface area contributed by atoms with Gasteiger partial charge >= 0.3 is 0 Å². The van der Waals surface area contributed by atoms with Crippen LogP contribution in [0.25, 0.3) is 0 Å². The van der Waals surface area contributed by atoms with E-state index in [9.17, 15) is 13.2 Å². The summed E-state index contributed by atoms with van der Waals surface area (Å²) in [5, 5.41) is -0.154. The fourth-order valence-corrected chi connectivity index (χ4v) is 2.33. The van der Waals surface area contributed by atoms with E-state index in [2.05, 4.69) is 28.1 Å². The van der Waals surface area contributed by atoms with Crippen molar-refractivity contribution in [2.24, 2.45) is 5.73 Å². The molecule has 0 spiro atoms. The largest absolute Gasteiger partial charge is 0.450 e. The third-order valence-electron chi connectivity index (χ3n) is 2.47. The molecule has 0 aliphatic heterocycles. The van der Waals surface area contributed by atoms with Crippen LogP contribution in [0, 0.1) is 17.5 Å². The second kappa shape index (κ2) is 6.21. The van der Waals surface area contributed by atoms with E-state index in [1.165, 1.54) is 6.07 Å². The molecule has 0 fully saturated rings. The van der Waals surface area contributed by atoms with E-state index >= 15 is 0 Å². The molecule has 0 aromatic heterocycles. The molecule has 0 radical (unpaired) electrons. The molecule has 0 saturated heterocycles. The third-order valence-corrected chi connectivity index (χ3v) is 3.61. The Bertz CT molecular complexity index is 719. The Morgan fingerprint density at radius 3 is 2.19 bits per heavy atom. The summed E-state index contributed by atoms with van der Waals surface area (Å²) in [6.07, 6.45) is 0. The fourth-order valence-electron chi connectivity index (χ4n) is 1.49. The molecule has 0 saturated carbocycles. The summed E-state index contributed by atoms with van der Waals surface area (Å²) in [6, 6.07) is 3.99. The minimum absolute atomic E-state index is 0.0219. The molecule has 0 heterocycles. The predicted molar refractivity (Wildman–Crippen MR) is 81.4 cm³/mol. The predicted octanol–water partition coefficient (Wildman–Crippen LogP) is 4.95. The summed E-state index contributed by atoms with van der Waals surface area (Å²) in [5.41, 5.74) is 5.32. The lowest BCUT2D eigenvalue weighted by Crippen LogP contribution is -2.10. The number of hydrogen-bond donors (Lipinski definition) is 1. The summed E-state index contributed by atoms with van der Waals surface area (Å²) < 4.78 is 46.4. The van der Waals surface area contributed by atoms with Gasteiger partial charge in [-0.15, -0.1) is 0 Å². The van der Waals surface area contributed by atoms with Gasteiger partial charge in [0.1, 0.15) is 16.6 Å². The lowest BCUT2D eigenvalue weighted by atomic mass is 10.2. The number of halogens is 5. The van der Waals surface area contributed by atoms with Crippen molar-refractivity contribution >= 4 is 44.7 Å². The van der Waals surface area contributed by atoms with Crippen LogP contribution in [-0.2, 0) is 0 Å². The first-order chi connectivity index (χ1) is 9.79.